The molecule has 3 atom stereocenters. The highest BCUT2D eigenvalue weighted by Gasteiger charge is 2.32. The van der Waals surface area contributed by atoms with Crippen LogP contribution in [0.4, 0.5) is 0 Å². The van der Waals surface area contributed by atoms with Gasteiger partial charge in [0.05, 0.1) is 6.04 Å². The van der Waals surface area contributed by atoms with Crippen molar-refractivity contribution in [3.8, 4) is 0 Å². The largest absolute Gasteiger partial charge is 0.633 e. The number of hydroxylamine groups is 2. The van der Waals surface area contributed by atoms with Crippen LogP contribution in [0.5, 0.6) is 0 Å². The zero-order valence-electron chi connectivity index (χ0n) is 6.81. The Hall–Kier alpha value is -0.120. The van der Waals surface area contributed by atoms with Gasteiger partial charge < -0.3 is 10.3 Å². The van der Waals surface area contributed by atoms with Gasteiger partial charge in [-0.3, -0.25) is 5.32 Å². The van der Waals surface area contributed by atoms with Gasteiger partial charge in [0.1, 0.15) is 6.67 Å². The zero-order valence-corrected chi connectivity index (χ0v) is 6.81. The molecule has 0 aromatic rings. The Kier molecular flexibility index (Phi) is 2.11. The molecule has 0 aromatic heterocycles. The Morgan fingerprint density at radius 1 is 1.27 bits per heavy atom. The molecule has 3 unspecified atom stereocenters. The summed E-state index contributed by atoms with van der Waals surface area (Å²) in [6.45, 7) is 1.71. The first kappa shape index (κ1) is 7.53. The van der Waals surface area contributed by atoms with E-state index in [0.717, 1.165) is 13.0 Å². The topological polar surface area (TPSA) is 39.5 Å². The molecular weight excluding hydrogens is 140 g/mol. The van der Waals surface area contributed by atoms with Crippen molar-refractivity contribution in [1.82, 2.24) is 5.32 Å². The van der Waals surface area contributed by atoms with Crippen LogP contribution in [0, 0.1) is 11.1 Å². The van der Waals surface area contributed by atoms with Crippen molar-refractivity contribution in [2.45, 2.75) is 31.7 Å². The van der Waals surface area contributed by atoms with Crippen molar-refractivity contribution >= 4 is 0 Å². The number of rotatable bonds is 0. The van der Waals surface area contributed by atoms with Gasteiger partial charge in [0, 0.05) is 18.9 Å². The van der Waals surface area contributed by atoms with Gasteiger partial charge in [-0.15, -0.1) is 0 Å². The monoisotopic (exact) mass is 156 g/mol. The van der Waals surface area contributed by atoms with E-state index in [9.17, 15) is 5.21 Å². The highest BCUT2D eigenvalue weighted by atomic mass is 16.5. The van der Waals surface area contributed by atoms with Crippen LogP contribution in [-0.4, -0.2) is 19.3 Å². The third-order valence-corrected chi connectivity index (χ3v) is 3.03. The molecule has 1 aliphatic heterocycles. The minimum atomic E-state index is 0.421. The van der Waals surface area contributed by atoms with Gasteiger partial charge in [0.25, 0.3) is 0 Å². The van der Waals surface area contributed by atoms with Gasteiger partial charge in [-0.1, -0.05) is 6.42 Å². The summed E-state index contributed by atoms with van der Waals surface area (Å²) in [5.41, 5.74) is 0. The fraction of sp³-hybridized carbons (Fsp3) is 1.00. The summed E-state index contributed by atoms with van der Waals surface area (Å²) in [7, 11) is 0. The summed E-state index contributed by atoms with van der Waals surface area (Å²) in [5.74, 6) is 0.671. The minimum absolute atomic E-state index is 0.421. The molecule has 0 amide bonds. The molecule has 1 saturated heterocycles. The molecule has 0 spiro atoms. The summed E-state index contributed by atoms with van der Waals surface area (Å²) in [4.78, 5) is 0. The van der Waals surface area contributed by atoms with Crippen LogP contribution < -0.4 is 10.4 Å². The molecule has 1 heterocycles. The fourth-order valence-electron chi connectivity index (χ4n) is 2.39. The Morgan fingerprint density at radius 2 is 2.09 bits per heavy atom. The van der Waals surface area contributed by atoms with Crippen LogP contribution >= 0.6 is 0 Å². The third-order valence-electron chi connectivity index (χ3n) is 3.03. The van der Waals surface area contributed by atoms with Crippen molar-refractivity contribution in [3.05, 3.63) is 5.21 Å². The molecule has 3 heteroatoms. The lowest BCUT2D eigenvalue weighted by molar-refractivity contribution is -0.890. The summed E-state index contributed by atoms with van der Waals surface area (Å²) < 4.78 is 0. The first-order chi connectivity index (χ1) is 5.38. The summed E-state index contributed by atoms with van der Waals surface area (Å²) in [6, 6.07) is 0.421. The molecular formula is C8H16N2O. The number of fused-ring (bicyclic) bond motifs is 1. The minimum Gasteiger partial charge on any atom is -0.633 e. The quantitative estimate of drug-likeness (QED) is 0.464. The molecule has 3 nitrogen and oxygen atoms in total. The average Bonchev–Trinajstić information content (AvgIpc) is 2.06. The molecule has 0 radical (unpaired) electrons. The van der Waals surface area contributed by atoms with E-state index in [2.05, 4.69) is 5.32 Å². The van der Waals surface area contributed by atoms with Gasteiger partial charge in [-0.25, -0.2) is 0 Å². The number of hydrogen-bond acceptors (Lipinski definition) is 2. The molecule has 1 saturated carbocycles. The summed E-state index contributed by atoms with van der Waals surface area (Å²) in [6.07, 6.45) is 5.03. The molecule has 0 aromatic carbocycles. The van der Waals surface area contributed by atoms with Crippen LogP contribution in [0.3, 0.4) is 0 Å². The Balaban J connectivity index is 1.99. The van der Waals surface area contributed by atoms with Crippen LogP contribution in [0.25, 0.3) is 0 Å². The second-order valence-electron chi connectivity index (χ2n) is 3.75. The van der Waals surface area contributed by atoms with E-state index in [4.69, 9.17) is 0 Å². The molecule has 2 aliphatic rings. The van der Waals surface area contributed by atoms with E-state index >= 15 is 0 Å². The number of quaternary nitrogens is 1. The van der Waals surface area contributed by atoms with Crippen LogP contribution in [0.2, 0.25) is 0 Å². The summed E-state index contributed by atoms with van der Waals surface area (Å²) >= 11 is 0. The van der Waals surface area contributed by atoms with E-state index < -0.39 is 0 Å². The molecule has 0 bridgehead atoms. The van der Waals surface area contributed by atoms with Crippen LogP contribution in [-0.2, 0) is 0 Å². The van der Waals surface area contributed by atoms with Crippen molar-refractivity contribution in [2.24, 2.45) is 5.92 Å². The van der Waals surface area contributed by atoms with Gasteiger partial charge in [0.15, 0.2) is 0 Å². The standard InChI is InChI=1S/C8H16N2O/c11-10-6-9-5-7-3-1-2-4-8(7)10/h7-10H,1-6H2. The zero-order chi connectivity index (χ0) is 7.68. The average molecular weight is 156 g/mol. The van der Waals surface area contributed by atoms with Crippen molar-refractivity contribution in [1.29, 1.82) is 0 Å². The number of nitrogens with one attached hydrogen (secondary N) is 2. The molecule has 11 heavy (non-hydrogen) atoms. The van der Waals surface area contributed by atoms with Gasteiger partial charge in [0.2, 0.25) is 0 Å². The van der Waals surface area contributed by atoms with Crippen molar-refractivity contribution in [3.63, 3.8) is 0 Å². The predicted molar refractivity (Wildman–Crippen MR) is 42.9 cm³/mol. The lowest BCUT2D eigenvalue weighted by Crippen LogP contribution is -3.15. The fourth-order valence-corrected chi connectivity index (χ4v) is 2.39. The van der Waals surface area contributed by atoms with Crippen LogP contribution in [0.15, 0.2) is 0 Å². The first-order valence-electron chi connectivity index (χ1n) is 4.61. The van der Waals surface area contributed by atoms with E-state index in [1.807, 2.05) is 0 Å². The maximum atomic E-state index is 11.4. The second-order valence-corrected chi connectivity index (χ2v) is 3.75. The van der Waals surface area contributed by atoms with E-state index in [1.54, 1.807) is 0 Å². The smallest absolute Gasteiger partial charge is 0.130 e. The Morgan fingerprint density at radius 3 is 2.91 bits per heavy atom. The highest BCUT2D eigenvalue weighted by molar-refractivity contribution is 4.78. The molecule has 1 aliphatic carbocycles. The third kappa shape index (κ3) is 1.41. The van der Waals surface area contributed by atoms with Crippen molar-refractivity contribution < 1.29 is 5.06 Å². The molecule has 64 valence electrons. The van der Waals surface area contributed by atoms with E-state index in [1.165, 1.54) is 19.3 Å². The van der Waals surface area contributed by atoms with Gasteiger partial charge in [-0.2, -0.15) is 0 Å². The molecule has 2 N–H and O–H groups in total. The molecule has 2 fully saturated rings. The lowest BCUT2D eigenvalue weighted by atomic mass is 9.83. The first-order valence-corrected chi connectivity index (χ1v) is 4.61. The Labute approximate surface area is 67.3 Å². The normalized spacial score (nSPS) is 45.0. The maximum Gasteiger partial charge on any atom is 0.130 e. The highest BCUT2D eigenvalue weighted by Crippen LogP contribution is 2.22. The second kappa shape index (κ2) is 3.09. The predicted octanol–water partition coefficient (Wildman–Crippen LogP) is -0.511. The van der Waals surface area contributed by atoms with E-state index in [0.29, 0.717) is 23.7 Å². The van der Waals surface area contributed by atoms with Crippen molar-refractivity contribution in [2.75, 3.05) is 13.2 Å². The number of hydrogen-bond donors (Lipinski definition) is 2. The van der Waals surface area contributed by atoms with Gasteiger partial charge in [-0.05, 0) is 12.8 Å². The SMILES string of the molecule is [O-][NH+]1CNCC2CCCCC21. The lowest BCUT2D eigenvalue weighted by Gasteiger charge is -2.43. The van der Waals surface area contributed by atoms with Crippen LogP contribution in [0.1, 0.15) is 25.7 Å². The van der Waals surface area contributed by atoms with E-state index in [-0.39, 0.29) is 0 Å². The van der Waals surface area contributed by atoms with Gasteiger partial charge >= 0.3 is 0 Å². The Bertz CT molecular complexity index is 138. The summed E-state index contributed by atoms with van der Waals surface area (Å²) in [5, 5.41) is 15.0. The molecule has 2 rings (SSSR count). The maximum absolute atomic E-state index is 11.4.